The summed E-state index contributed by atoms with van der Waals surface area (Å²) in [5.41, 5.74) is 5.15. The van der Waals surface area contributed by atoms with Gasteiger partial charge in [-0.15, -0.1) is 0 Å². The Kier molecular flexibility index (Phi) is 5.55. The van der Waals surface area contributed by atoms with Crippen LogP contribution in [0.1, 0.15) is 22.0 Å². The van der Waals surface area contributed by atoms with Crippen LogP contribution >= 0.6 is 23.2 Å². The first-order chi connectivity index (χ1) is 11.3. The Labute approximate surface area is 146 Å². The molecule has 1 unspecified atom stereocenters. The van der Waals surface area contributed by atoms with Crippen LogP contribution < -0.4 is 11.1 Å². The minimum atomic E-state index is -1.00. The number of amides is 1. The Morgan fingerprint density at radius 2 is 1.96 bits per heavy atom. The van der Waals surface area contributed by atoms with Gasteiger partial charge >= 0.3 is 0 Å². The first-order valence-electron chi connectivity index (χ1n) is 6.60. The summed E-state index contributed by atoms with van der Waals surface area (Å²) >= 11 is 11.7. The van der Waals surface area contributed by atoms with Gasteiger partial charge in [-0.1, -0.05) is 23.2 Å². The highest BCUT2D eigenvalue weighted by atomic mass is 35.5. The van der Waals surface area contributed by atoms with Crippen LogP contribution in [-0.4, -0.2) is 27.5 Å². The van der Waals surface area contributed by atoms with E-state index in [0.717, 1.165) is 12.3 Å². The van der Waals surface area contributed by atoms with E-state index in [1.807, 2.05) is 0 Å². The lowest BCUT2D eigenvalue weighted by molar-refractivity contribution is -0.385. The van der Waals surface area contributed by atoms with Crippen molar-refractivity contribution in [2.75, 3.05) is 11.9 Å². The van der Waals surface area contributed by atoms with Crippen LogP contribution in [0.3, 0.4) is 0 Å². The number of nitrogens with zero attached hydrogens (tertiary/aromatic N) is 2. The van der Waals surface area contributed by atoms with Crippen LogP contribution in [0.5, 0.6) is 0 Å². The summed E-state index contributed by atoms with van der Waals surface area (Å²) in [5, 5.41) is 24.4. The lowest BCUT2D eigenvalue weighted by Crippen LogP contribution is -2.19. The molecule has 1 aromatic heterocycles. The number of nitrogens with one attached hydrogen (secondary N) is 1. The number of carbonyl (C=O) groups excluding carboxylic acids is 1. The lowest BCUT2D eigenvalue weighted by atomic mass is 10.1. The van der Waals surface area contributed by atoms with E-state index in [9.17, 15) is 20.0 Å². The van der Waals surface area contributed by atoms with Crippen molar-refractivity contribution in [2.45, 2.75) is 6.10 Å². The number of hydrogen-bond donors (Lipinski definition) is 3. The summed E-state index contributed by atoms with van der Waals surface area (Å²) in [6, 6.07) is 5.62. The number of hydrogen-bond acceptors (Lipinski definition) is 6. The summed E-state index contributed by atoms with van der Waals surface area (Å²) in [4.78, 5) is 25.3. The monoisotopic (exact) mass is 370 g/mol. The van der Waals surface area contributed by atoms with Crippen molar-refractivity contribution in [3.8, 4) is 0 Å². The first kappa shape index (κ1) is 17.9. The number of nitrogens with two attached hydrogens (primary N) is 1. The average molecular weight is 371 g/mol. The van der Waals surface area contributed by atoms with Crippen molar-refractivity contribution >= 4 is 40.6 Å². The van der Waals surface area contributed by atoms with Crippen molar-refractivity contribution in [1.82, 2.24) is 4.98 Å². The summed E-state index contributed by atoms with van der Waals surface area (Å²) in [5.74, 6) is -0.853. The molecule has 2 aromatic rings. The highest BCUT2D eigenvalue weighted by Gasteiger charge is 2.17. The van der Waals surface area contributed by atoms with Crippen molar-refractivity contribution in [3.63, 3.8) is 0 Å². The third-order valence-corrected chi connectivity index (χ3v) is 3.52. The molecule has 1 heterocycles. The van der Waals surface area contributed by atoms with Crippen LogP contribution in [0.2, 0.25) is 10.0 Å². The van der Waals surface area contributed by atoms with Gasteiger partial charge < -0.3 is 16.2 Å². The fraction of sp³-hybridized carbons (Fsp3) is 0.143. The fourth-order valence-corrected chi connectivity index (χ4v) is 2.50. The van der Waals surface area contributed by atoms with E-state index in [-0.39, 0.29) is 23.6 Å². The van der Waals surface area contributed by atoms with E-state index in [1.165, 1.54) is 18.2 Å². The molecule has 0 radical (unpaired) electrons. The molecule has 1 amide bonds. The van der Waals surface area contributed by atoms with Crippen molar-refractivity contribution in [1.29, 1.82) is 0 Å². The van der Waals surface area contributed by atoms with Crippen LogP contribution in [0.4, 0.5) is 11.5 Å². The van der Waals surface area contributed by atoms with E-state index in [2.05, 4.69) is 10.3 Å². The van der Waals surface area contributed by atoms with Crippen LogP contribution in [0.15, 0.2) is 30.5 Å². The Balaban J connectivity index is 2.19. The van der Waals surface area contributed by atoms with E-state index in [4.69, 9.17) is 28.9 Å². The maximum Gasteiger partial charge on any atom is 0.288 e. The Bertz CT molecular complexity index is 780. The number of aromatic nitrogens is 1. The smallest absolute Gasteiger partial charge is 0.288 e. The second-order valence-electron chi connectivity index (χ2n) is 4.81. The molecule has 8 nitrogen and oxygen atoms in total. The molecule has 0 bridgehead atoms. The second kappa shape index (κ2) is 7.43. The largest absolute Gasteiger partial charge is 0.387 e. The molecule has 1 aromatic carbocycles. The van der Waals surface area contributed by atoms with Gasteiger partial charge in [0, 0.05) is 22.7 Å². The second-order valence-corrected chi connectivity index (χ2v) is 5.68. The molecule has 4 N–H and O–H groups in total. The number of pyridine rings is 1. The number of rotatable bonds is 6. The maximum absolute atomic E-state index is 11.4. The van der Waals surface area contributed by atoms with Gasteiger partial charge in [-0.25, -0.2) is 4.98 Å². The van der Waals surface area contributed by atoms with Crippen LogP contribution in [-0.2, 0) is 0 Å². The number of anilines is 1. The minimum Gasteiger partial charge on any atom is -0.387 e. The van der Waals surface area contributed by atoms with E-state index in [0.29, 0.717) is 15.6 Å². The van der Waals surface area contributed by atoms with E-state index < -0.39 is 16.9 Å². The average Bonchev–Trinajstić information content (AvgIpc) is 2.51. The number of benzene rings is 1. The Morgan fingerprint density at radius 3 is 2.50 bits per heavy atom. The van der Waals surface area contributed by atoms with Gasteiger partial charge in [-0.3, -0.25) is 14.9 Å². The molecular weight excluding hydrogens is 359 g/mol. The molecule has 0 aliphatic rings. The van der Waals surface area contributed by atoms with Gasteiger partial charge in [0.2, 0.25) is 0 Å². The van der Waals surface area contributed by atoms with Gasteiger partial charge in [-0.2, -0.15) is 0 Å². The number of aliphatic hydroxyl groups is 1. The molecule has 0 aliphatic carbocycles. The molecule has 0 spiro atoms. The van der Waals surface area contributed by atoms with Crippen LogP contribution in [0, 0.1) is 10.1 Å². The zero-order chi connectivity index (χ0) is 17.9. The van der Waals surface area contributed by atoms with Crippen molar-refractivity contribution in [3.05, 3.63) is 61.7 Å². The summed E-state index contributed by atoms with van der Waals surface area (Å²) in [7, 11) is 0. The van der Waals surface area contributed by atoms with Gasteiger partial charge in [-0.05, 0) is 23.8 Å². The van der Waals surface area contributed by atoms with E-state index in [1.54, 1.807) is 0 Å². The number of carbonyl (C=O) groups is 1. The minimum absolute atomic E-state index is 0.0280. The van der Waals surface area contributed by atoms with Gasteiger partial charge in [0.25, 0.3) is 11.6 Å². The molecule has 1 atom stereocenters. The maximum atomic E-state index is 11.4. The Hall–Kier alpha value is -2.42. The lowest BCUT2D eigenvalue weighted by Gasteiger charge is -2.14. The fourth-order valence-electron chi connectivity index (χ4n) is 1.96. The standard InChI is InChI=1S/C14H12Cl2N4O4/c15-8-1-7(2-9(16)3-8)12(21)6-19-14-11(13(17)22)4-10(5-18-14)20(23)24/h1-5,12,21H,6H2,(H2,17,22)(H,18,19). The first-order valence-corrected chi connectivity index (χ1v) is 7.35. The molecule has 0 saturated heterocycles. The third-order valence-electron chi connectivity index (χ3n) is 3.08. The molecule has 2 rings (SSSR count). The zero-order valence-electron chi connectivity index (χ0n) is 12.1. The van der Waals surface area contributed by atoms with Crippen molar-refractivity contribution < 1.29 is 14.8 Å². The van der Waals surface area contributed by atoms with Gasteiger partial charge in [0.1, 0.15) is 12.0 Å². The molecule has 10 heteroatoms. The van der Waals surface area contributed by atoms with Crippen LogP contribution in [0.25, 0.3) is 0 Å². The molecule has 24 heavy (non-hydrogen) atoms. The SMILES string of the molecule is NC(=O)c1cc([N+](=O)[O-])cnc1NCC(O)c1cc(Cl)cc(Cl)c1. The number of primary amides is 1. The predicted octanol–water partition coefficient (Wildman–Crippen LogP) is 2.54. The Morgan fingerprint density at radius 1 is 1.33 bits per heavy atom. The van der Waals surface area contributed by atoms with Gasteiger partial charge in [0.05, 0.1) is 16.6 Å². The number of halogens is 2. The summed E-state index contributed by atoms with van der Waals surface area (Å²) in [6.45, 7) is -0.0399. The highest BCUT2D eigenvalue weighted by molar-refractivity contribution is 6.34. The molecule has 0 fully saturated rings. The zero-order valence-corrected chi connectivity index (χ0v) is 13.6. The van der Waals surface area contributed by atoms with Crippen molar-refractivity contribution in [2.24, 2.45) is 5.73 Å². The highest BCUT2D eigenvalue weighted by Crippen LogP contribution is 2.24. The van der Waals surface area contributed by atoms with Gasteiger partial charge in [0.15, 0.2) is 0 Å². The summed E-state index contributed by atoms with van der Waals surface area (Å²) < 4.78 is 0. The topological polar surface area (TPSA) is 131 Å². The number of aliphatic hydroxyl groups excluding tert-OH is 1. The molecule has 0 saturated carbocycles. The quantitative estimate of drug-likeness (QED) is 0.528. The summed E-state index contributed by atoms with van der Waals surface area (Å²) in [6.07, 6.45) is -0.0175. The molecular formula is C14H12Cl2N4O4. The number of nitro groups is 1. The predicted molar refractivity (Wildman–Crippen MR) is 89.3 cm³/mol. The van der Waals surface area contributed by atoms with E-state index >= 15 is 0 Å². The normalized spacial score (nSPS) is 11.8. The third kappa shape index (κ3) is 4.31. The molecule has 126 valence electrons. The molecule has 0 aliphatic heterocycles.